The zero-order valence-corrected chi connectivity index (χ0v) is 11.8. The van der Waals surface area contributed by atoms with Crippen LogP contribution in [0.15, 0.2) is 15.8 Å². The highest BCUT2D eigenvalue weighted by molar-refractivity contribution is 5.77. The number of hydrogen-bond donors (Lipinski definition) is 1. The first-order valence-electron chi connectivity index (χ1n) is 6.08. The summed E-state index contributed by atoms with van der Waals surface area (Å²) >= 11 is 0. The molecule has 106 valence electrons. The molecule has 7 heteroatoms. The van der Waals surface area contributed by atoms with E-state index in [0.717, 1.165) is 4.57 Å². The van der Waals surface area contributed by atoms with Gasteiger partial charge < -0.3 is 14.8 Å². The summed E-state index contributed by atoms with van der Waals surface area (Å²) in [6.45, 7) is 3.04. The van der Waals surface area contributed by atoms with E-state index in [1.54, 1.807) is 14.1 Å². The quantitative estimate of drug-likeness (QED) is 0.716. The van der Waals surface area contributed by atoms with E-state index in [1.165, 1.54) is 22.7 Å². The fraction of sp³-hybridized carbons (Fsp3) is 0.583. The third-order valence-corrected chi connectivity index (χ3v) is 2.88. The van der Waals surface area contributed by atoms with Gasteiger partial charge in [-0.05, 0) is 6.54 Å². The van der Waals surface area contributed by atoms with Gasteiger partial charge in [0.25, 0.3) is 5.56 Å². The van der Waals surface area contributed by atoms with Crippen LogP contribution in [0.3, 0.4) is 0 Å². The maximum absolute atomic E-state index is 11.9. The number of nitrogens with one attached hydrogen (secondary N) is 1. The molecular weight excluding hydrogens is 248 g/mol. The Morgan fingerprint density at radius 2 is 2.00 bits per heavy atom. The van der Waals surface area contributed by atoms with Crippen LogP contribution in [-0.4, -0.2) is 40.1 Å². The Kier molecular flexibility index (Phi) is 5.05. The minimum atomic E-state index is -0.379. The lowest BCUT2D eigenvalue weighted by molar-refractivity contribution is -0.129. The molecule has 0 atom stereocenters. The molecule has 0 fully saturated rings. The second-order valence-electron chi connectivity index (χ2n) is 4.44. The molecule has 1 N–H and O–H groups in total. The van der Waals surface area contributed by atoms with Crippen LogP contribution in [0.4, 0.5) is 0 Å². The highest BCUT2D eigenvalue weighted by Crippen LogP contribution is 1.95. The molecule has 0 aliphatic carbocycles. The van der Waals surface area contributed by atoms with Crippen LogP contribution in [-0.2, 0) is 25.4 Å². The van der Waals surface area contributed by atoms with Crippen LogP contribution in [0, 0.1) is 0 Å². The molecule has 1 amide bonds. The van der Waals surface area contributed by atoms with Gasteiger partial charge >= 0.3 is 5.69 Å². The van der Waals surface area contributed by atoms with Crippen molar-refractivity contribution in [1.29, 1.82) is 0 Å². The van der Waals surface area contributed by atoms with Gasteiger partial charge in [0.1, 0.15) is 0 Å². The predicted octanol–water partition coefficient (Wildman–Crippen LogP) is -1.35. The SMILES string of the molecule is CCNCC(=O)N(C)Cc1cn(C)c(=O)n(C)c1=O. The molecule has 7 nitrogen and oxygen atoms in total. The first-order valence-corrected chi connectivity index (χ1v) is 6.08. The molecule has 0 radical (unpaired) electrons. The van der Waals surface area contributed by atoms with E-state index < -0.39 is 0 Å². The number of likely N-dealkylation sites (N-methyl/N-ethyl adjacent to an activating group) is 2. The van der Waals surface area contributed by atoms with Gasteiger partial charge in [0.2, 0.25) is 5.91 Å². The lowest BCUT2D eigenvalue weighted by Crippen LogP contribution is -2.41. The summed E-state index contributed by atoms with van der Waals surface area (Å²) in [5.41, 5.74) is -0.335. The van der Waals surface area contributed by atoms with Gasteiger partial charge in [-0.2, -0.15) is 0 Å². The molecule has 1 aromatic heterocycles. The van der Waals surface area contributed by atoms with Crippen LogP contribution in [0.25, 0.3) is 0 Å². The number of nitrogens with zero attached hydrogens (tertiary/aromatic N) is 3. The summed E-state index contributed by atoms with van der Waals surface area (Å²) in [7, 11) is 4.63. The summed E-state index contributed by atoms with van der Waals surface area (Å²) in [4.78, 5) is 36.7. The molecule has 19 heavy (non-hydrogen) atoms. The maximum Gasteiger partial charge on any atom is 0.330 e. The van der Waals surface area contributed by atoms with Crippen LogP contribution in [0.2, 0.25) is 0 Å². The standard InChI is InChI=1S/C12H20N4O3/c1-5-13-6-10(17)14(2)7-9-8-15(3)12(19)16(4)11(9)18/h8,13H,5-7H2,1-4H3. The first kappa shape index (κ1) is 15.2. The zero-order chi connectivity index (χ0) is 14.6. The van der Waals surface area contributed by atoms with Crippen molar-refractivity contribution >= 4 is 5.91 Å². The van der Waals surface area contributed by atoms with Crippen LogP contribution >= 0.6 is 0 Å². The van der Waals surface area contributed by atoms with Crippen molar-refractivity contribution in [3.8, 4) is 0 Å². The van der Waals surface area contributed by atoms with Crippen molar-refractivity contribution in [3.63, 3.8) is 0 Å². The van der Waals surface area contributed by atoms with E-state index >= 15 is 0 Å². The Bertz CT molecular complexity index is 573. The number of hydrogen-bond acceptors (Lipinski definition) is 4. The molecule has 0 saturated carbocycles. The molecular formula is C12H20N4O3. The van der Waals surface area contributed by atoms with Gasteiger partial charge in [0.05, 0.1) is 18.7 Å². The van der Waals surface area contributed by atoms with Crippen molar-refractivity contribution in [2.45, 2.75) is 13.5 Å². The van der Waals surface area contributed by atoms with E-state index in [4.69, 9.17) is 0 Å². The highest BCUT2D eigenvalue weighted by atomic mass is 16.2. The summed E-state index contributed by atoms with van der Waals surface area (Å²) in [5, 5.41) is 2.93. The Hall–Kier alpha value is -1.89. The second kappa shape index (κ2) is 6.33. The predicted molar refractivity (Wildman–Crippen MR) is 71.9 cm³/mol. The zero-order valence-electron chi connectivity index (χ0n) is 11.8. The van der Waals surface area contributed by atoms with Crippen LogP contribution < -0.4 is 16.6 Å². The molecule has 1 heterocycles. The average molecular weight is 268 g/mol. The number of carbonyl (C=O) groups is 1. The minimum Gasteiger partial charge on any atom is -0.340 e. The van der Waals surface area contributed by atoms with Crippen LogP contribution in [0.1, 0.15) is 12.5 Å². The molecule has 0 aliphatic rings. The lowest BCUT2D eigenvalue weighted by Gasteiger charge is -2.17. The van der Waals surface area contributed by atoms with E-state index in [2.05, 4.69) is 5.32 Å². The molecule has 1 rings (SSSR count). The summed E-state index contributed by atoms with van der Waals surface area (Å²) in [5.74, 6) is -0.0993. The van der Waals surface area contributed by atoms with Gasteiger partial charge in [0, 0.05) is 27.3 Å². The second-order valence-corrected chi connectivity index (χ2v) is 4.44. The minimum absolute atomic E-state index is 0.0993. The van der Waals surface area contributed by atoms with E-state index in [1.807, 2.05) is 6.92 Å². The van der Waals surface area contributed by atoms with Crippen molar-refractivity contribution in [2.75, 3.05) is 20.1 Å². The topological polar surface area (TPSA) is 76.3 Å². The van der Waals surface area contributed by atoms with E-state index in [0.29, 0.717) is 12.1 Å². The van der Waals surface area contributed by atoms with Crippen molar-refractivity contribution in [1.82, 2.24) is 19.4 Å². The summed E-state index contributed by atoms with van der Waals surface area (Å²) < 4.78 is 2.37. The molecule has 0 aliphatic heterocycles. The van der Waals surface area contributed by atoms with Gasteiger partial charge in [-0.15, -0.1) is 0 Å². The van der Waals surface area contributed by atoms with Gasteiger partial charge in [-0.3, -0.25) is 14.2 Å². The van der Waals surface area contributed by atoms with Crippen molar-refractivity contribution < 1.29 is 4.79 Å². The smallest absolute Gasteiger partial charge is 0.330 e. The Balaban J connectivity index is 2.92. The first-order chi connectivity index (χ1) is 8.88. The number of amides is 1. The van der Waals surface area contributed by atoms with Crippen molar-refractivity contribution in [3.05, 3.63) is 32.6 Å². The van der Waals surface area contributed by atoms with E-state index in [9.17, 15) is 14.4 Å². The normalized spacial score (nSPS) is 10.5. The fourth-order valence-electron chi connectivity index (χ4n) is 1.70. The third-order valence-electron chi connectivity index (χ3n) is 2.88. The maximum atomic E-state index is 11.9. The number of carbonyl (C=O) groups excluding carboxylic acids is 1. The molecule has 0 bridgehead atoms. The highest BCUT2D eigenvalue weighted by Gasteiger charge is 2.13. The van der Waals surface area contributed by atoms with Crippen LogP contribution in [0.5, 0.6) is 0 Å². The molecule has 0 spiro atoms. The molecule has 0 aromatic carbocycles. The lowest BCUT2D eigenvalue weighted by atomic mass is 10.3. The fourth-order valence-corrected chi connectivity index (χ4v) is 1.70. The number of aromatic nitrogens is 2. The summed E-state index contributed by atoms with van der Waals surface area (Å²) in [6, 6.07) is 0. The largest absolute Gasteiger partial charge is 0.340 e. The Labute approximate surface area is 111 Å². The van der Waals surface area contributed by atoms with E-state index in [-0.39, 0.29) is 30.2 Å². The molecule has 1 aromatic rings. The van der Waals surface area contributed by atoms with Gasteiger partial charge in [-0.1, -0.05) is 6.92 Å². The van der Waals surface area contributed by atoms with Gasteiger partial charge in [-0.25, -0.2) is 4.79 Å². The monoisotopic (exact) mass is 268 g/mol. The number of aryl methyl sites for hydroxylation is 1. The van der Waals surface area contributed by atoms with Crippen molar-refractivity contribution in [2.24, 2.45) is 14.1 Å². The Morgan fingerprint density at radius 3 is 2.58 bits per heavy atom. The summed E-state index contributed by atoms with van der Waals surface area (Å²) in [6.07, 6.45) is 1.47. The molecule has 0 saturated heterocycles. The Morgan fingerprint density at radius 1 is 1.37 bits per heavy atom. The van der Waals surface area contributed by atoms with Gasteiger partial charge in [0.15, 0.2) is 0 Å². The average Bonchev–Trinajstić information content (AvgIpc) is 2.39. The third kappa shape index (κ3) is 3.54. The molecule has 0 unspecified atom stereocenters. The number of rotatable bonds is 5.